The van der Waals surface area contributed by atoms with Crippen molar-refractivity contribution in [2.45, 2.75) is 31.3 Å². The van der Waals surface area contributed by atoms with Gasteiger partial charge in [0.15, 0.2) is 0 Å². The minimum absolute atomic E-state index is 0.0710. The summed E-state index contributed by atoms with van der Waals surface area (Å²) < 4.78 is 5.24. The zero-order chi connectivity index (χ0) is 14.6. The normalized spacial score (nSPS) is 21.1. The fraction of sp³-hybridized carbons (Fsp3) is 0.467. The van der Waals surface area contributed by atoms with Crippen molar-refractivity contribution in [2.24, 2.45) is 0 Å². The molecule has 20 heavy (non-hydrogen) atoms. The van der Waals surface area contributed by atoms with E-state index in [0.717, 1.165) is 5.56 Å². The molecule has 0 bridgehead atoms. The Morgan fingerprint density at radius 2 is 2.15 bits per heavy atom. The molecule has 1 aliphatic rings. The number of methoxy groups -OCH3 is 1. The van der Waals surface area contributed by atoms with Gasteiger partial charge in [0.25, 0.3) is 0 Å². The largest absolute Gasteiger partial charge is 0.382 e. The van der Waals surface area contributed by atoms with E-state index in [9.17, 15) is 9.59 Å². The summed E-state index contributed by atoms with van der Waals surface area (Å²) in [4.78, 5) is 23.5. The third-order valence-corrected chi connectivity index (χ3v) is 3.55. The first kappa shape index (κ1) is 14.5. The van der Waals surface area contributed by atoms with Crippen LogP contribution in [0, 0.1) is 0 Å². The van der Waals surface area contributed by atoms with Gasteiger partial charge in [-0.1, -0.05) is 30.3 Å². The van der Waals surface area contributed by atoms with Gasteiger partial charge in [0, 0.05) is 13.5 Å². The molecule has 1 aromatic rings. The third kappa shape index (κ3) is 3.17. The fourth-order valence-corrected chi connectivity index (χ4v) is 2.46. The lowest BCUT2D eigenvalue weighted by Crippen LogP contribution is -2.52. The van der Waals surface area contributed by atoms with E-state index in [4.69, 9.17) is 4.74 Å². The first-order valence-corrected chi connectivity index (χ1v) is 6.71. The van der Waals surface area contributed by atoms with E-state index in [1.165, 1.54) is 0 Å². The molecule has 0 saturated carbocycles. The second-order valence-electron chi connectivity index (χ2n) is 5.28. The topological polar surface area (TPSA) is 67.4 Å². The maximum Gasteiger partial charge on any atom is 0.243 e. The lowest BCUT2D eigenvalue weighted by Gasteiger charge is -2.31. The van der Waals surface area contributed by atoms with Crippen LogP contribution in [0.3, 0.4) is 0 Å². The zero-order valence-electron chi connectivity index (χ0n) is 11.8. The molecule has 0 spiro atoms. The molecule has 0 aromatic heterocycles. The lowest BCUT2D eigenvalue weighted by atomic mass is 9.92. The van der Waals surface area contributed by atoms with Crippen LogP contribution in [0.4, 0.5) is 0 Å². The Bertz CT molecular complexity index is 489. The van der Waals surface area contributed by atoms with Gasteiger partial charge >= 0.3 is 0 Å². The number of benzene rings is 1. The van der Waals surface area contributed by atoms with E-state index in [1.54, 1.807) is 7.11 Å². The van der Waals surface area contributed by atoms with Crippen molar-refractivity contribution in [1.82, 2.24) is 10.6 Å². The van der Waals surface area contributed by atoms with Crippen molar-refractivity contribution in [2.75, 3.05) is 13.7 Å². The first-order chi connectivity index (χ1) is 9.55. The van der Waals surface area contributed by atoms with Crippen LogP contribution in [0.25, 0.3) is 0 Å². The standard InChI is InChI=1S/C15H20N2O3/c1-15(10-20-2,11-6-4-3-5-7-11)17-14(19)12-8-9-13(18)16-12/h3-7,12H,8-10H2,1-2H3,(H,16,18)(H,17,19)/t12-,15?/m1/s1. The first-order valence-electron chi connectivity index (χ1n) is 6.71. The number of nitrogens with one attached hydrogen (secondary N) is 2. The Hall–Kier alpha value is -1.88. The number of amides is 2. The summed E-state index contributed by atoms with van der Waals surface area (Å²) in [5, 5.41) is 5.67. The van der Waals surface area contributed by atoms with Gasteiger partial charge < -0.3 is 15.4 Å². The van der Waals surface area contributed by atoms with E-state index in [-0.39, 0.29) is 11.8 Å². The average molecular weight is 276 g/mol. The molecule has 2 N–H and O–H groups in total. The maximum absolute atomic E-state index is 12.3. The van der Waals surface area contributed by atoms with Crippen LogP contribution in [0.2, 0.25) is 0 Å². The van der Waals surface area contributed by atoms with Gasteiger partial charge in [-0.05, 0) is 18.9 Å². The summed E-state index contributed by atoms with van der Waals surface area (Å²) in [5.74, 6) is -0.238. The second kappa shape index (κ2) is 6.05. The molecule has 2 amide bonds. The lowest BCUT2D eigenvalue weighted by molar-refractivity contribution is -0.127. The zero-order valence-corrected chi connectivity index (χ0v) is 11.8. The average Bonchev–Trinajstić information content (AvgIpc) is 2.87. The number of hydrogen-bond acceptors (Lipinski definition) is 3. The maximum atomic E-state index is 12.3. The van der Waals surface area contributed by atoms with Gasteiger partial charge in [-0.15, -0.1) is 0 Å². The number of ether oxygens (including phenoxy) is 1. The van der Waals surface area contributed by atoms with Crippen LogP contribution in [0.1, 0.15) is 25.3 Å². The van der Waals surface area contributed by atoms with Crippen molar-refractivity contribution < 1.29 is 14.3 Å². The molecule has 1 aliphatic heterocycles. The molecule has 108 valence electrons. The Morgan fingerprint density at radius 3 is 2.70 bits per heavy atom. The van der Waals surface area contributed by atoms with Crippen LogP contribution >= 0.6 is 0 Å². The Balaban J connectivity index is 2.13. The number of carbonyl (C=O) groups is 2. The molecule has 5 heteroatoms. The molecular weight excluding hydrogens is 256 g/mol. The number of carbonyl (C=O) groups excluding carboxylic acids is 2. The summed E-state index contributed by atoms with van der Waals surface area (Å²) in [6.07, 6.45) is 0.951. The van der Waals surface area contributed by atoms with Crippen molar-refractivity contribution in [3.8, 4) is 0 Å². The molecule has 0 aliphatic carbocycles. The van der Waals surface area contributed by atoms with Gasteiger partial charge in [0.1, 0.15) is 6.04 Å². The molecule has 2 rings (SSSR count). The molecule has 1 saturated heterocycles. The smallest absolute Gasteiger partial charge is 0.243 e. The van der Waals surface area contributed by atoms with Crippen LogP contribution in [-0.2, 0) is 19.9 Å². The SMILES string of the molecule is COCC(C)(NC(=O)[C@H]1CCC(=O)N1)c1ccccc1. The minimum Gasteiger partial charge on any atom is -0.382 e. The van der Waals surface area contributed by atoms with Gasteiger partial charge in [-0.25, -0.2) is 0 Å². The van der Waals surface area contributed by atoms with E-state index in [0.29, 0.717) is 19.4 Å². The molecule has 0 radical (unpaired) electrons. The summed E-state index contributed by atoms with van der Waals surface area (Å²) in [5.41, 5.74) is 0.361. The molecule has 1 fully saturated rings. The molecule has 1 aromatic carbocycles. The van der Waals surface area contributed by atoms with Crippen LogP contribution in [0.15, 0.2) is 30.3 Å². The second-order valence-corrected chi connectivity index (χ2v) is 5.28. The molecule has 2 atom stereocenters. The van der Waals surface area contributed by atoms with Crippen LogP contribution in [0.5, 0.6) is 0 Å². The summed E-state index contributed by atoms with van der Waals surface area (Å²) in [7, 11) is 1.60. The highest BCUT2D eigenvalue weighted by atomic mass is 16.5. The predicted molar refractivity (Wildman–Crippen MR) is 75.0 cm³/mol. The molecular formula is C15H20N2O3. The van der Waals surface area contributed by atoms with Crippen molar-refractivity contribution in [3.63, 3.8) is 0 Å². The van der Waals surface area contributed by atoms with Gasteiger partial charge in [0.2, 0.25) is 11.8 Å². The fourth-order valence-electron chi connectivity index (χ4n) is 2.46. The van der Waals surface area contributed by atoms with E-state index < -0.39 is 11.6 Å². The predicted octanol–water partition coefficient (Wildman–Crippen LogP) is 0.943. The quantitative estimate of drug-likeness (QED) is 0.841. The number of hydrogen-bond donors (Lipinski definition) is 2. The van der Waals surface area contributed by atoms with E-state index in [1.807, 2.05) is 37.3 Å². The van der Waals surface area contributed by atoms with Gasteiger partial charge in [-0.2, -0.15) is 0 Å². The highest BCUT2D eigenvalue weighted by Gasteiger charge is 2.34. The molecule has 1 heterocycles. The molecule has 1 unspecified atom stereocenters. The third-order valence-electron chi connectivity index (χ3n) is 3.55. The van der Waals surface area contributed by atoms with Crippen LogP contribution in [-0.4, -0.2) is 31.6 Å². The molecule has 5 nitrogen and oxygen atoms in total. The van der Waals surface area contributed by atoms with Gasteiger partial charge in [-0.3, -0.25) is 9.59 Å². The Kier molecular flexibility index (Phi) is 4.39. The van der Waals surface area contributed by atoms with Crippen molar-refractivity contribution in [3.05, 3.63) is 35.9 Å². The minimum atomic E-state index is -0.611. The highest BCUT2D eigenvalue weighted by Crippen LogP contribution is 2.21. The highest BCUT2D eigenvalue weighted by molar-refractivity contribution is 5.91. The van der Waals surface area contributed by atoms with Crippen molar-refractivity contribution in [1.29, 1.82) is 0 Å². The van der Waals surface area contributed by atoms with E-state index in [2.05, 4.69) is 10.6 Å². The van der Waals surface area contributed by atoms with Crippen LogP contribution < -0.4 is 10.6 Å². The number of rotatable bonds is 5. The van der Waals surface area contributed by atoms with E-state index >= 15 is 0 Å². The summed E-state index contributed by atoms with van der Waals surface area (Å²) in [6, 6.07) is 9.23. The summed E-state index contributed by atoms with van der Waals surface area (Å²) in [6.45, 7) is 2.28. The monoisotopic (exact) mass is 276 g/mol. The Morgan fingerprint density at radius 1 is 1.45 bits per heavy atom. The van der Waals surface area contributed by atoms with Gasteiger partial charge in [0.05, 0.1) is 12.1 Å². The summed E-state index contributed by atoms with van der Waals surface area (Å²) >= 11 is 0. The Labute approximate surface area is 118 Å². The van der Waals surface area contributed by atoms with Crippen molar-refractivity contribution >= 4 is 11.8 Å².